The van der Waals surface area contributed by atoms with Gasteiger partial charge in [0.25, 0.3) is 0 Å². The Hall–Kier alpha value is -0.820. The van der Waals surface area contributed by atoms with Crippen LogP contribution in [-0.4, -0.2) is 51.8 Å². The minimum absolute atomic E-state index is 0.285. The Morgan fingerprint density at radius 1 is 1.32 bits per heavy atom. The first-order valence-corrected chi connectivity index (χ1v) is 6.78. The Morgan fingerprint density at radius 2 is 2.11 bits per heavy atom. The van der Waals surface area contributed by atoms with Gasteiger partial charge in [0, 0.05) is 19.3 Å². The van der Waals surface area contributed by atoms with Crippen LogP contribution in [0, 0.1) is 0 Å². The topological polar surface area (TPSA) is 60.0 Å². The summed E-state index contributed by atoms with van der Waals surface area (Å²) in [5, 5.41) is 12.8. The van der Waals surface area contributed by atoms with Crippen LogP contribution in [0.5, 0.6) is 5.75 Å². The number of aliphatic hydroxyl groups is 1. The zero-order chi connectivity index (χ0) is 14.1. The molecule has 0 heterocycles. The first kappa shape index (κ1) is 16.2. The zero-order valence-corrected chi connectivity index (χ0v) is 12.8. The molecule has 0 saturated carbocycles. The van der Waals surface area contributed by atoms with Crippen LogP contribution in [0.1, 0.15) is 0 Å². The predicted molar refractivity (Wildman–Crippen MR) is 77.9 cm³/mol. The van der Waals surface area contributed by atoms with E-state index >= 15 is 0 Å². The maximum absolute atomic E-state index is 9.72. The van der Waals surface area contributed by atoms with Gasteiger partial charge in [-0.15, -0.1) is 0 Å². The molecule has 0 aromatic heterocycles. The number of hydrogen-bond donors (Lipinski definition) is 2. The average molecular weight is 334 g/mol. The minimum Gasteiger partial charge on any atom is -0.496 e. The number of benzene rings is 1. The number of hydrogen-bond acceptors (Lipinski definition) is 5. The summed E-state index contributed by atoms with van der Waals surface area (Å²) in [5.41, 5.74) is 0.906. The van der Waals surface area contributed by atoms with E-state index < -0.39 is 6.10 Å². The van der Waals surface area contributed by atoms with Crippen LogP contribution in [0.3, 0.4) is 0 Å². The van der Waals surface area contributed by atoms with Crippen molar-refractivity contribution in [3.05, 3.63) is 22.7 Å². The van der Waals surface area contributed by atoms with Gasteiger partial charge in [-0.2, -0.15) is 0 Å². The lowest BCUT2D eigenvalue weighted by atomic mass is 10.3. The molecule has 1 aromatic carbocycles. The fraction of sp³-hybridized carbons (Fsp3) is 0.538. The van der Waals surface area contributed by atoms with Gasteiger partial charge in [-0.05, 0) is 34.1 Å². The molecular weight excluding hydrogens is 314 g/mol. The van der Waals surface area contributed by atoms with E-state index in [9.17, 15) is 5.11 Å². The highest BCUT2D eigenvalue weighted by Gasteiger charge is 2.05. The van der Waals surface area contributed by atoms with Crippen LogP contribution in [-0.2, 0) is 9.47 Å². The van der Waals surface area contributed by atoms with Crippen molar-refractivity contribution in [3.63, 3.8) is 0 Å². The monoisotopic (exact) mass is 333 g/mol. The quantitative estimate of drug-likeness (QED) is 0.676. The lowest BCUT2D eigenvalue weighted by Gasteiger charge is -2.14. The summed E-state index contributed by atoms with van der Waals surface area (Å²) in [4.78, 5) is 0. The van der Waals surface area contributed by atoms with E-state index in [0.29, 0.717) is 19.8 Å². The predicted octanol–water partition coefficient (Wildman–Crippen LogP) is 1.89. The summed E-state index contributed by atoms with van der Waals surface area (Å²) in [7, 11) is 3.23. The molecule has 2 N–H and O–H groups in total. The summed E-state index contributed by atoms with van der Waals surface area (Å²) in [6, 6.07) is 5.65. The van der Waals surface area contributed by atoms with E-state index in [2.05, 4.69) is 21.2 Å². The van der Waals surface area contributed by atoms with Gasteiger partial charge in [-0.1, -0.05) is 0 Å². The van der Waals surface area contributed by atoms with Crippen molar-refractivity contribution in [2.45, 2.75) is 6.10 Å². The second kappa shape index (κ2) is 9.14. The molecular formula is C13H20BrNO4. The highest BCUT2D eigenvalue weighted by Crippen LogP contribution is 2.27. The molecule has 0 radical (unpaired) electrons. The van der Waals surface area contributed by atoms with Gasteiger partial charge in [0.05, 0.1) is 37.5 Å². The molecule has 0 saturated heterocycles. The number of nitrogens with one attached hydrogen (secondary N) is 1. The van der Waals surface area contributed by atoms with Crippen LogP contribution in [0.2, 0.25) is 0 Å². The van der Waals surface area contributed by atoms with Crippen molar-refractivity contribution >= 4 is 21.6 Å². The Balaban J connectivity index is 2.29. The van der Waals surface area contributed by atoms with Gasteiger partial charge in [0.2, 0.25) is 0 Å². The standard InChI is InChI=1S/C13H20BrNO4/c1-17-5-6-19-9-11(16)8-15-10-3-4-13(18-2)12(14)7-10/h3-4,7,11,15-16H,5-6,8-9H2,1-2H3. The van der Waals surface area contributed by atoms with Crippen LogP contribution in [0.4, 0.5) is 5.69 Å². The number of ether oxygens (including phenoxy) is 3. The van der Waals surface area contributed by atoms with Crippen molar-refractivity contribution in [3.8, 4) is 5.75 Å². The Labute approximate surface area is 122 Å². The number of methoxy groups -OCH3 is 2. The molecule has 19 heavy (non-hydrogen) atoms. The van der Waals surface area contributed by atoms with Crippen LogP contribution < -0.4 is 10.1 Å². The van der Waals surface area contributed by atoms with E-state index in [1.165, 1.54) is 0 Å². The normalized spacial score (nSPS) is 12.2. The zero-order valence-electron chi connectivity index (χ0n) is 11.2. The molecule has 108 valence electrons. The van der Waals surface area contributed by atoms with Gasteiger partial charge in [-0.3, -0.25) is 0 Å². The lowest BCUT2D eigenvalue weighted by molar-refractivity contribution is 0.0182. The van der Waals surface area contributed by atoms with Gasteiger partial charge in [-0.25, -0.2) is 0 Å². The molecule has 1 rings (SSSR count). The second-order valence-electron chi connectivity index (χ2n) is 3.95. The molecule has 0 aliphatic carbocycles. The summed E-state index contributed by atoms with van der Waals surface area (Å²) in [6.07, 6.45) is -0.558. The molecule has 0 aliphatic heterocycles. The molecule has 0 aliphatic rings. The lowest BCUT2D eigenvalue weighted by Crippen LogP contribution is -2.25. The van der Waals surface area contributed by atoms with E-state index in [-0.39, 0.29) is 6.61 Å². The third kappa shape index (κ3) is 6.24. The van der Waals surface area contributed by atoms with Gasteiger partial charge in [0.1, 0.15) is 5.75 Å². The van der Waals surface area contributed by atoms with Gasteiger partial charge in [0.15, 0.2) is 0 Å². The molecule has 0 amide bonds. The third-order valence-corrected chi connectivity index (χ3v) is 3.06. The summed E-state index contributed by atoms with van der Waals surface area (Å²) in [5.74, 6) is 0.772. The fourth-order valence-corrected chi connectivity index (χ4v) is 1.97. The van der Waals surface area contributed by atoms with Crippen LogP contribution in [0.15, 0.2) is 22.7 Å². The first-order chi connectivity index (χ1) is 9.17. The average Bonchev–Trinajstić information content (AvgIpc) is 2.41. The highest BCUT2D eigenvalue weighted by molar-refractivity contribution is 9.10. The van der Waals surface area contributed by atoms with Crippen molar-refractivity contribution in [2.24, 2.45) is 0 Å². The summed E-state index contributed by atoms with van der Waals surface area (Å²) in [6.45, 7) is 1.73. The van der Waals surface area contributed by atoms with Crippen molar-refractivity contribution in [1.82, 2.24) is 0 Å². The maximum Gasteiger partial charge on any atom is 0.133 e. The van der Waals surface area contributed by atoms with Gasteiger partial charge >= 0.3 is 0 Å². The van der Waals surface area contributed by atoms with Crippen LogP contribution >= 0.6 is 15.9 Å². The number of rotatable bonds is 9. The largest absolute Gasteiger partial charge is 0.496 e. The van der Waals surface area contributed by atoms with Crippen molar-refractivity contribution in [1.29, 1.82) is 0 Å². The highest BCUT2D eigenvalue weighted by atomic mass is 79.9. The van der Waals surface area contributed by atoms with E-state index in [4.69, 9.17) is 14.2 Å². The summed E-state index contributed by atoms with van der Waals surface area (Å²) >= 11 is 3.41. The summed E-state index contributed by atoms with van der Waals surface area (Å²) < 4.78 is 16.1. The molecule has 1 aromatic rings. The van der Waals surface area contributed by atoms with E-state index in [1.807, 2.05) is 18.2 Å². The Bertz CT molecular complexity index is 376. The maximum atomic E-state index is 9.72. The second-order valence-corrected chi connectivity index (χ2v) is 4.81. The smallest absolute Gasteiger partial charge is 0.133 e. The Kier molecular flexibility index (Phi) is 7.81. The third-order valence-electron chi connectivity index (χ3n) is 2.44. The molecule has 0 fully saturated rings. The van der Waals surface area contributed by atoms with Crippen molar-refractivity contribution in [2.75, 3.05) is 45.9 Å². The van der Waals surface area contributed by atoms with E-state index in [1.54, 1.807) is 14.2 Å². The molecule has 0 bridgehead atoms. The molecule has 1 unspecified atom stereocenters. The molecule has 5 nitrogen and oxygen atoms in total. The van der Waals surface area contributed by atoms with Crippen LogP contribution in [0.25, 0.3) is 0 Å². The number of halogens is 1. The fourth-order valence-electron chi connectivity index (χ4n) is 1.43. The number of anilines is 1. The SMILES string of the molecule is COCCOCC(O)CNc1ccc(OC)c(Br)c1. The molecule has 0 spiro atoms. The van der Waals surface area contributed by atoms with Crippen molar-refractivity contribution < 1.29 is 19.3 Å². The first-order valence-electron chi connectivity index (χ1n) is 5.99. The number of aliphatic hydroxyl groups excluding tert-OH is 1. The Morgan fingerprint density at radius 3 is 2.74 bits per heavy atom. The minimum atomic E-state index is -0.558. The van der Waals surface area contributed by atoms with Gasteiger partial charge < -0.3 is 24.6 Å². The van der Waals surface area contributed by atoms with E-state index in [0.717, 1.165) is 15.9 Å². The molecule has 6 heteroatoms. The molecule has 1 atom stereocenters.